The van der Waals surface area contributed by atoms with Crippen molar-refractivity contribution < 1.29 is 17.5 Å². The maximum atomic E-state index is 13.6. The van der Waals surface area contributed by atoms with Crippen molar-refractivity contribution in [2.45, 2.75) is 43.2 Å². The smallest absolute Gasteiger partial charge is 0.243 e. The molecule has 8 heteroatoms. The lowest BCUT2D eigenvalue weighted by molar-refractivity contribution is -0.0415. The van der Waals surface area contributed by atoms with Crippen LogP contribution in [-0.2, 0) is 28.5 Å². The van der Waals surface area contributed by atoms with Crippen molar-refractivity contribution in [2.75, 3.05) is 13.1 Å². The number of aryl methyl sites for hydroxylation is 1. The minimum atomic E-state index is -3.73. The molecule has 2 N–H and O–H groups in total. The Morgan fingerprint density at radius 1 is 1.15 bits per heavy atom. The Balaban J connectivity index is 1.61. The highest BCUT2D eigenvalue weighted by atomic mass is 32.2. The Labute approximate surface area is 194 Å². The van der Waals surface area contributed by atoms with Gasteiger partial charge in [0.2, 0.25) is 10.0 Å². The van der Waals surface area contributed by atoms with Crippen molar-refractivity contribution >= 4 is 10.0 Å². The fourth-order valence-electron chi connectivity index (χ4n) is 4.01. The Bertz CT molecular complexity index is 1210. The van der Waals surface area contributed by atoms with E-state index in [2.05, 4.69) is 4.98 Å². The van der Waals surface area contributed by atoms with Crippen molar-refractivity contribution in [2.24, 2.45) is 5.73 Å². The second-order valence-electron chi connectivity index (χ2n) is 8.54. The molecule has 33 heavy (non-hydrogen) atoms. The summed E-state index contributed by atoms with van der Waals surface area (Å²) in [5.74, 6) is 0.171. The van der Waals surface area contributed by atoms with E-state index in [1.54, 1.807) is 36.5 Å². The highest BCUT2D eigenvalue weighted by molar-refractivity contribution is 7.89. The molecule has 1 fully saturated rings. The van der Waals surface area contributed by atoms with Crippen LogP contribution in [0.4, 0.5) is 4.39 Å². The average molecular weight is 470 g/mol. The van der Waals surface area contributed by atoms with E-state index in [1.165, 1.54) is 16.4 Å². The lowest BCUT2D eigenvalue weighted by Gasteiger charge is -2.48. The van der Waals surface area contributed by atoms with Gasteiger partial charge in [0, 0.05) is 11.7 Å². The van der Waals surface area contributed by atoms with Crippen LogP contribution in [0.25, 0.3) is 0 Å². The molecule has 0 saturated carbocycles. The summed E-state index contributed by atoms with van der Waals surface area (Å²) in [6.45, 7) is 4.11. The summed E-state index contributed by atoms with van der Waals surface area (Å²) in [4.78, 5) is 4.59. The number of aromatic nitrogens is 1. The number of benzene rings is 2. The summed E-state index contributed by atoms with van der Waals surface area (Å²) in [5, 5.41) is 0. The Morgan fingerprint density at radius 3 is 2.48 bits per heavy atom. The molecule has 0 spiro atoms. The molecule has 1 saturated heterocycles. The molecule has 1 aromatic heterocycles. The minimum Gasteiger partial charge on any atom is -0.478 e. The molecule has 1 unspecified atom stereocenters. The zero-order valence-corrected chi connectivity index (χ0v) is 19.6. The van der Waals surface area contributed by atoms with E-state index in [1.807, 2.05) is 32.0 Å². The molecule has 6 nitrogen and oxygen atoms in total. The molecule has 0 amide bonds. The lowest BCUT2D eigenvalue weighted by atomic mass is 9.87. The Kier molecular flexibility index (Phi) is 6.52. The van der Waals surface area contributed by atoms with Gasteiger partial charge in [0.1, 0.15) is 11.6 Å². The van der Waals surface area contributed by atoms with E-state index in [0.717, 1.165) is 17.7 Å². The van der Waals surface area contributed by atoms with E-state index in [9.17, 15) is 12.8 Å². The first-order valence-electron chi connectivity index (χ1n) is 11.0. The van der Waals surface area contributed by atoms with E-state index >= 15 is 0 Å². The van der Waals surface area contributed by atoms with Crippen molar-refractivity contribution in [3.8, 4) is 5.75 Å². The zero-order valence-electron chi connectivity index (χ0n) is 18.7. The molecule has 0 radical (unpaired) electrons. The van der Waals surface area contributed by atoms with Gasteiger partial charge < -0.3 is 10.5 Å². The summed E-state index contributed by atoms with van der Waals surface area (Å²) >= 11 is 0. The molecule has 2 heterocycles. The normalized spacial score (nSPS) is 16.7. The molecule has 0 bridgehead atoms. The van der Waals surface area contributed by atoms with Crippen LogP contribution in [0.2, 0.25) is 0 Å². The predicted molar refractivity (Wildman–Crippen MR) is 125 cm³/mol. The number of pyridine rings is 1. The van der Waals surface area contributed by atoms with Crippen molar-refractivity contribution in [3.63, 3.8) is 0 Å². The monoisotopic (exact) mass is 469 g/mol. The van der Waals surface area contributed by atoms with Gasteiger partial charge in [-0.3, -0.25) is 4.98 Å². The highest BCUT2D eigenvalue weighted by Gasteiger charge is 2.52. The molecule has 1 atom stereocenters. The third-order valence-electron chi connectivity index (χ3n) is 5.80. The van der Waals surface area contributed by atoms with Gasteiger partial charge in [0.15, 0.2) is 5.60 Å². The topological polar surface area (TPSA) is 85.5 Å². The molecule has 0 aliphatic carbocycles. The van der Waals surface area contributed by atoms with Crippen LogP contribution in [0.5, 0.6) is 5.75 Å². The molecular weight excluding hydrogens is 441 g/mol. The molecule has 2 aromatic carbocycles. The van der Waals surface area contributed by atoms with Crippen LogP contribution in [0.3, 0.4) is 0 Å². The number of ether oxygens (including phenoxy) is 1. The number of nitrogens with zero attached hydrogens (tertiary/aromatic N) is 2. The average Bonchev–Trinajstić information content (AvgIpc) is 2.76. The molecule has 4 rings (SSSR count). The van der Waals surface area contributed by atoms with E-state index in [4.69, 9.17) is 10.5 Å². The zero-order chi connectivity index (χ0) is 23.6. The summed E-state index contributed by atoms with van der Waals surface area (Å²) in [6.07, 6.45) is 3.03. The fourth-order valence-corrected chi connectivity index (χ4v) is 5.62. The van der Waals surface area contributed by atoms with Gasteiger partial charge in [-0.1, -0.05) is 31.2 Å². The summed E-state index contributed by atoms with van der Waals surface area (Å²) in [5.41, 5.74) is 7.46. The van der Waals surface area contributed by atoms with Gasteiger partial charge in [0.05, 0.1) is 24.2 Å². The number of hydrogen-bond acceptors (Lipinski definition) is 5. The SMILES string of the molecule is CCc1ccc(OC2(c3ccc(F)cc3)CN(S(=O)(=O)c3cccc(CC(C)N)c3)C2)cn1. The highest BCUT2D eigenvalue weighted by Crippen LogP contribution is 2.40. The molecule has 1 aliphatic heterocycles. The fraction of sp³-hybridized carbons (Fsp3) is 0.320. The van der Waals surface area contributed by atoms with Crippen LogP contribution in [0.15, 0.2) is 71.8 Å². The van der Waals surface area contributed by atoms with Crippen LogP contribution in [-0.4, -0.2) is 36.8 Å². The number of sulfonamides is 1. The number of halogens is 1. The largest absolute Gasteiger partial charge is 0.478 e. The summed E-state index contributed by atoms with van der Waals surface area (Å²) in [7, 11) is -3.73. The standard InChI is InChI=1S/C25H28FN3O3S/c1-3-22-11-12-23(15-28-22)32-25(20-7-9-21(26)10-8-20)16-29(17-25)33(30,31)24-6-4-5-19(14-24)13-18(2)27/h4-12,14-15,18H,3,13,16-17,27H2,1-2H3. The van der Waals surface area contributed by atoms with E-state index in [0.29, 0.717) is 17.7 Å². The number of hydrogen-bond donors (Lipinski definition) is 1. The number of nitrogens with two attached hydrogens (primary N) is 1. The van der Waals surface area contributed by atoms with E-state index in [-0.39, 0.29) is 29.8 Å². The van der Waals surface area contributed by atoms with Crippen molar-refractivity contribution in [1.82, 2.24) is 9.29 Å². The predicted octanol–water partition coefficient (Wildman–Crippen LogP) is 3.65. The van der Waals surface area contributed by atoms with Crippen LogP contribution < -0.4 is 10.5 Å². The first-order chi connectivity index (χ1) is 15.7. The van der Waals surface area contributed by atoms with Crippen LogP contribution >= 0.6 is 0 Å². The summed E-state index contributed by atoms with van der Waals surface area (Å²) < 4.78 is 47.9. The Hall–Kier alpha value is -2.81. The maximum Gasteiger partial charge on any atom is 0.243 e. The Morgan fingerprint density at radius 2 is 1.88 bits per heavy atom. The second kappa shape index (κ2) is 9.21. The first kappa shape index (κ1) is 23.4. The van der Waals surface area contributed by atoms with Gasteiger partial charge in [-0.05, 0) is 67.3 Å². The lowest BCUT2D eigenvalue weighted by Crippen LogP contribution is -2.64. The first-order valence-corrected chi connectivity index (χ1v) is 12.4. The van der Waals surface area contributed by atoms with E-state index < -0.39 is 15.6 Å². The molecular formula is C25H28FN3O3S. The maximum absolute atomic E-state index is 13.6. The molecule has 3 aromatic rings. The summed E-state index contributed by atoms with van der Waals surface area (Å²) in [6, 6.07) is 16.5. The number of rotatable bonds is 8. The quantitative estimate of drug-likeness (QED) is 0.544. The minimum absolute atomic E-state index is 0.0702. The van der Waals surface area contributed by atoms with Crippen molar-refractivity contribution in [3.05, 3.63) is 89.5 Å². The van der Waals surface area contributed by atoms with Gasteiger partial charge in [-0.25, -0.2) is 12.8 Å². The van der Waals surface area contributed by atoms with Gasteiger partial charge in [-0.2, -0.15) is 4.31 Å². The van der Waals surface area contributed by atoms with Crippen LogP contribution in [0, 0.1) is 5.82 Å². The van der Waals surface area contributed by atoms with Gasteiger partial charge >= 0.3 is 0 Å². The third-order valence-corrected chi connectivity index (χ3v) is 7.59. The van der Waals surface area contributed by atoms with Crippen LogP contribution in [0.1, 0.15) is 30.7 Å². The second-order valence-corrected chi connectivity index (χ2v) is 10.5. The van der Waals surface area contributed by atoms with Crippen molar-refractivity contribution in [1.29, 1.82) is 0 Å². The third kappa shape index (κ3) is 4.93. The molecule has 1 aliphatic rings. The van der Waals surface area contributed by atoms with Gasteiger partial charge in [-0.15, -0.1) is 0 Å². The molecule has 174 valence electrons. The van der Waals surface area contributed by atoms with Gasteiger partial charge in [0.25, 0.3) is 0 Å².